The number of nitrogens with one attached hydrogen (secondary N) is 1. The molecule has 2 N–H and O–H groups in total. The van der Waals surface area contributed by atoms with Crippen molar-refractivity contribution in [3.63, 3.8) is 0 Å². The minimum Gasteiger partial charge on any atom is -0.424 e. The summed E-state index contributed by atoms with van der Waals surface area (Å²) in [5, 5.41) is 11.7. The molecule has 0 aliphatic heterocycles. The van der Waals surface area contributed by atoms with Crippen LogP contribution in [0.1, 0.15) is 0 Å². The van der Waals surface area contributed by atoms with Crippen molar-refractivity contribution in [1.29, 1.82) is 0 Å². The maximum atomic E-state index is 8.76. The van der Waals surface area contributed by atoms with Crippen LogP contribution in [0.2, 0.25) is 0 Å². The summed E-state index contributed by atoms with van der Waals surface area (Å²) in [5.41, 5.74) is 3.80. The van der Waals surface area contributed by atoms with Crippen LogP contribution in [0, 0.1) is 0 Å². The van der Waals surface area contributed by atoms with Gasteiger partial charge in [0.2, 0.25) is 0 Å². The predicted octanol–water partition coefficient (Wildman–Crippen LogP) is 2.90. The van der Waals surface area contributed by atoms with Crippen molar-refractivity contribution in [3.05, 3.63) is 48.5 Å². The van der Waals surface area contributed by atoms with Crippen molar-refractivity contribution in [2.75, 3.05) is 18.5 Å². The van der Waals surface area contributed by atoms with E-state index in [9.17, 15) is 0 Å². The smallest absolute Gasteiger partial charge is 0.295 e. The van der Waals surface area contributed by atoms with Gasteiger partial charge in [0.25, 0.3) is 6.01 Å². The van der Waals surface area contributed by atoms with Crippen molar-refractivity contribution >= 4 is 17.1 Å². The normalized spacial score (nSPS) is 10.8. The van der Waals surface area contributed by atoms with E-state index in [1.807, 2.05) is 36.4 Å². The molecule has 0 bridgehead atoms. The van der Waals surface area contributed by atoms with Crippen LogP contribution in [-0.2, 0) is 0 Å². The number of fused-ring (bicyclic) bond motifs is 1. The predicted molar refractivity (Wildman–Crippen MR) is 75.0 cm³/mol. The number of aliphatic hydroxyl groups is 1. The van der Waals surface area contributed by atoms with E-state index in [1.54, 1.807) is 0 Å². The zero-order chi connectivity index (χ0) is 13.1. The fourth-order valence-corrected chi connectivity index (χ4v) is 1.98. The van der Waals surface area contributed by atoms with Crippen molar-refractivity contribution in [2.45, 2.75) is 0 Å². The van der Waals surface area contributed by atoms with Crippen molar-refractivity contribution in [3.8, 4) is 11.1 Å². The molecule has 3 aromatic rings. The van der Waals surface area contributed by atoms with E-state index in [0.29, 0.717) is 12.6 Å². The van der Waals surface area contributed by atoms with Crippen LogP contribution in [0.3, 0.4) is 0 Å². The molecule has 0 spiro atoms. The topological polar surface area (TPSA) is 58.3 Å². The summed E-state index contributed by atoms with van der Waals surface area (Å²) in [6.07, 6.45) is 0. The fraction of sp³-hybridized carbons (Fsp3) is 0.133. The van der Waals surface area contributed by atoms with Crippen LogP contribution in [0.15, 0.2) is 52.9 Å². The second-order valence-corrected chi connectivity index (χ2v) is 4.22. The SMILES string of the molecule is OCCNc1nc2cc(-c3ccccc3)ccc2o1. The molecule has 4 heteroatoms. The lowest BCUT2D eigenvalue weighted by Gasteiger charge is -1.99. The molecule has 0 radical (unpaired) electrons. The van der Waals surface area contributed by atoms with Gasteiger partial charge in [-0.3, -0.25) is 0 Å². The third-order valence-electron chi connectivity index (χ3n) is 2.88. The summed E-state index contributed by atoms with van der Waals surface area (Å²) >= 11 is 0. The standard InChI is InChI=1S/C15H14N2O2/c18-9-8-16-15-17-13-10-12(6-7-14(13)19-15)11-4-2-1-3-5-11/h1-7,10,18H,8-9H2,(H,16,17). The molecule has 0 unspecified atom stereocenters. The first-order chi connectivity index (χ1) is 9.36. The highest BCUT2D eigenvalue weighted by Gasteiger charge is 2.06. The first kappa shape index (κ1) is 11.7. The highest BCUT2D eigenvalue weighted by atomic mass is 16.4. The molecule has 0 atom stereocenters. The number of hydrogen-bond acceptors (Lipinski definition) is 4. The first-order valence-corrected chi connectivity index (χ1v) is 6.17. The number of hydrogen-bond donors (Lipinski definition) is 2. The molecule has 19 heavy (non-hydrogen) atoms. The van der Waals surface area contributed by atoms with Crippen LogP contribution in [0.25, 0.3) is 22.2 Å². The Morgan fingerprint density at radius 1 is 1.05 bits per heavy atom. The number of aliphatic hydroxyl groups excluding tert-OH is 1. The van der Waals surface area contributed by atoms with Crippen LogP contribution < -0.4 is 5.32 Å². The lowest BCUT2D eigenvalue weighted by Crippen LogP contribution is -2.05. The molecular weight excluding hydrogens is 240 g/mol. The number of aromatic nitrogens is 1. The lowest BCUT2D eigenvalue weighted by molar-refractivity contribution is 0.310. The van der Waals surface area contributed by atoms with Crippen molar-refractivity contribution in [1.82, 2.24) is 4.98 Å². The monoisotopic (exact) mass is 254 g/mol. The summed E-state index contributed by atoms with van der Waals surface area (Å²) in [5.74, 6) is 0. The zero-order valence-corrected chi connectivity index (χ0v) is 10.3. The van der Waals surface area contributed by atoms with E-state index in [2.05, 4.69) is 22.4 Å². The molecule has 1 aromatic heterocycles. The molecule has 1 heterocycles. The molecule has 0 fully saturated rings. The molecule has 0 saturated heterocycles. The van der Waals surface area contributed by atoms with Crippen LogP contribution in [0.4, 0.5) is 6.01 Å². The quantitative estimate of drug-likeness (QED) is 0.751. The number of oxazole rings is 1. The van der Waals surface area contributed by atoms with E-state index in [1.165, 1.54) is 0 Å². The molecule has 0 aliphatic rings. The molecule has 4 nitrogen and oxygen atoms in total. The minimum atomic E-state index is 0.0496. The second-order valence-electron chi connectivity index (χ2n) is 4.22. The van der Waals surface area contributed by atoms with Crippen LogP contribution in [0.5, 0.6) is 0 Å². The van der Waals surface area contributed by atoms with Gasteiger partial charge in [0.15, 0.2) is 5.58 Å². The van der Waals surface area contributed by atoms with Gasteiger partial charge in [-0.2, -0.15) is 4.98 Å². The zero-order valence-electron chi connectivity index (χ0n) is 10.3. The van der Waals surface area contributed by atoms with Gasteiger partial charge in [0.05, 0.1) is 6.61 Å². The third-order valence-corrected chi connectivity index (χ3v) is 2.88. The van der Waals surface area contributed by atoms with Gasteiger partial charge in [-0.25, -0.2) is 0 Å². The molecule has 0 amide bonds. The maximum absolute atomic E-state index is 8.76. The van der Waals surface area contributed by atoms with Crippen molar-refractivity contribution in [2.24, 2.45) is 0 Å². The highest BCUT2D eigenvalue weighted by Crippen LogP contribution is 2.25. The third kappa shape index (κ3) is 2.44. The summed E-state index contributed by atoms with van der Waals surface area (Å²) in [4.78, 5) is 4.35. The average molecular weight is 254 g/mol. The van der Waals surface area contributed by atoms with Gasteiger partial charge >= 0.3 is 0 Å². The van der Waals surface area contributed by atoms with Gasteiger partial charge < -0.3 is 14.8 Å². The Balaban J connectivity index is 1.97. The molecule has 0 aliphatic carbocycles. The fourth-order valence-electron chi connectivity index (χ4n) is 1.98. The molecule has 2 aromatic carbocycles. The Bertz CT molecular complexity index is 677. The largest absolute Gasteiger partial charge is 0.424 e. The number of rotatable bonds is 4. The van der Waals surface area contributed by atoms with Crippen LogP contribution in [-0.4, -0.2) is 23.2 Å². The van der Waals surface area contributed by atoms with E-state index in [-0.39, 0.29) is 6.61 Å². The number of nitrogens with zero attached hydrogens (tertiary/aromatic N) is 1. The van der Waals surface area contributed by atoms with E-state index in [4.69, 9.17) is 9.52 Å². The van der Waals surface area contributed by atoms with Gasteiger partial charge in [-0.1, -0.05) is 36.4 Å². The van der Waals surface area contributed by atoms with Gasteiger partial charge in [-0.05, 0) is 23.3 Å². The Morgan fingerprint density at radius 2 is 1.89 bits per heavy atom. The van der Waals surface area contributed by atoms with Crippen LogP contribution >= 0.6 is 0 Å². The highest BCUT2D eigenvalue weighted by molar-refractivity contribution is 5.81. The van der Waals surface area contributed by atoms with Gasteiger partial charge in [0, 0.05) is 6.54 Å². The summed E-state index contributed by atoms with van der Waals surface area (Å²) in [6.45, 7) is 0.479. The lowest BCUT2D eigenvalue weighted by atomic mass is 10.1. The van der Waals surface area contributed by atoms with Gasteiger partial charge in [0.1, 0.15) is 5.52 Å². The van der Waals surface area contributed by atoms with Crippen molar-refractivity contribution < 1.29 is 9.52 Å². The number of anilines is 1. The summed E-state index contributed by atoms with van der Waals surface area (Å²) in [7, 11) is 0. The molecular formula is C15H14N2O2. The second kappa shape index (κ2) is 5.12. The van der Waals surface area contributed by atoms with E-state index in [0.717, 1.165) is 22.2 Å². The van der Waals surface area contributed by atoms with E-state index < -0.39 is 0 Å². The van der Waals surface area contributed by atoms with E-state index >= 15 is 0 Å². The maximum Gasteiger partial charge on any atom is 0.295 e. The number of benzene rings is 2. The Kier molecular flexibility index (Phi) is 3.16. The Morgan fingerprint density at radius 3 is 2.68 bits per heavy atom. The Hall–Kier alpha value is -2.33. The molecule has 0 saturated carbocycles. The molecule has 3 rings (SSSR count). The Labute approximate surface area is 110 Å². The summed E-state index contributed by atoms with van der Waals surface area (Å²) < 4.78 is 5.53. The molecule has 96 valence electrons. The van der Waals surface area contributed by atoms with Gasteiger partial charge in [-0.15, -0.1) is 0 Å². The average Bonchev–Trinajstić information content (AvgIpc) is 2.87. The first-order valence-electron chi connectivity index (χ1n) is 6.17. The summed E-state index contributed by atoms with van der Waals surface area (Å²) in [6, 6.07) is 16.5. The minimum absolute atomic E-state index is 0.0496.